The van der Waals surface area contributed by atoms with Crippen LogP contribution in [0.5, 0.6) is 0 Å². The zero-order valence-electron chi connectivity index (χ0n) is 10.3. The lowest BCUT2D eigenvalue weighted by Gasteiger charge is -2.19. The van der Waals surface area contributed by atoms with Crippen LogP contribution in [0, 0.1) is 0 Å². The standard InChI is InChI=1S/C12H14O.C2H6/c1-12(2,3)10-5-4-6-11-9(10)7-8-13-11;1-2/h4-8H,1-3H3;1-2H3. The van der Waals surface area contributed by atoms with E-state index in [0.717, 1.165) is 5.58 Å². The summed E-state index contributed by atoms with van der Waals surface area (Å²) in [6.45, 7) is 10.7. The van der Waals surface area contributed by atoms with Gasteiger partial charge in [-0.1, -0.05) is 46.8 Å². The molecule has 0 aliphatic rings. The summed E-state index contributed by atoms with van der Waals surface area (Å²) in [5.74, 6) is 0. The van der Waals surface area contributed by atoms with Gasteiger partial charge in [0.25, 0.3) is 0 Å². The van der Waals surface area contributed by atoms with E-state index in [1.165, 1.54) is 10.9 Å². The predicted molar refractivity (Wildman–Crippen MR) is 66.3 cm³/mol. The summed E-state index contributed by atoms with van der Waals surface area (Å²) in [5.41, 5.74) is 2.51. The van der Waals surface area contributed by atoms with Crippen LogP contribution in [0.25, 0.3) is 11.0 Å². The molecule has 0 fully saturated rings. The topological polar surface area (TPSA) is 13.1 Å². The third-order valence-corrected chi connectivity index (χ3v) is 2.30. The van der Waals surface area contributed by atoms with Crippen molar-refractivity contribution in [2.45, 2.75) is 40.0 Å². The molecule has 1 heteroatoms. The van der Waals surface area contributed by atoms with Crippen molar-refractivity contribution in [2.75, 3.05) is 0 Å². The van der Waals surface area contributed by atoms with Crippen LogP contribution in [0.2, 0.25) is 0 Å². The van der Waals surface area contributed by atoms with E-state index in [1.807, 2.05) is 32.0 Å². The maximum Gasteiger partial charge on any atom is 0.134 e. The van der Waals surface area contributed by atoms with E-state index in [2.05, 4.69) is 26.8 Å². The Hall–Kier alpha value is -1.24. The summed E-state index contributed by atoms with van der Waals surface area (Å²) in [4.78, 5) is 0. The molecule has 0 aliphatic heterocycles. The molecule has 1 aromatic heterocycles. The summed E-state index contributed by atoms with van der Waals surface area (Å²) >= 11 is 0. The molecular weight excluding hydrogens is 184 g/mol. The minimum absolute atomic E-state index is 0.184. The average molecular weight is 204 g/mol. The van der Waals surface area contributed by atoms with Crippen molar-refractivity contribution in [3.63, 3.8) is 0 Å². The minimum Gasteiger partial charge on any atom is -0.464 e. The first-order chi connectivity index (χ1) is 7.09. The van der Waals surface area contributed by atoms with E-state index in [1.54, 1.807) is 6.26 Å². The Balaban J connectivity index is 0.000000531. The average Bonchev–Trinajstić information content (AvgIpc) is 2.66. The molecule has 82 valence electrons. The maximum atomic E-state index is 5.35. The fraction of sp³-hybridized carbons (Fsp3) is 0.429. The van der Waals surface area contributed by atoms with Crippen molar-refractivity contribution >= 4 is 11.0 Å². The Kier molecular flexibility index (Phi) is 3.57. The molecule has 0 saturated carbocycles. The molecule has 2 rings (SSSR count). The van der Waals surface area contributed by atoms with Crippen molar-refractivity contribution in [1.29, 1.82) is 0 Å². The van der Waals surface area contributed by atoms with Gasteiger partial charge in [0.2, 0.25) is 0 Å². The zero-order valence-corrected chi connectivity index (χ0v) is 10.3. The number of hydrogen-bond donors (Lipinski definition) is 0. The number of benzene rings is 1. The third-order valence-electron chi connectivity index (χ3n) is 2.30. The van der Waals surface area contributed by atoms with E-state index in [4.69, 9.17) is 4.42 Å². The number of fused-ring (bicyclic) bond motifs is 1. The Bertz CT molecular complexity index is 418. The highest BCUT2D eigenvalue weighted by Crippen LogP contribution is 2.30. The largest absolute Gasteiger partial charge is 0.464 e. The van der Waals surface area contributed by atoms with Gasteiger partial charge in [0.15, 0.2) is 0 Å². The summed E-state index contributed by atoms with van der Waals surface area (Å²) in [7, 11) is 0. The third kappa shape index (κ3) is 2.41. The van der Waals surface area contributed by atoms with Crippen molar-refractivity contribution in [3.05, 3.63) is 36.1 Å². The lowest BCUT2D eigenvalue weighted by molar-refractivity contribution is 0.592. The van der Waals surface area contributed by atoms with Gasteiger partial charge in [-0.3, -0.25) is 0 Å². The van der Waals surface area contributed by atoms with Crippen LogP contribution in [-0.2, 0) is 5.41 Å². The van der Waals surface area contributed by atoms with Gasteiger partial charge in [-0.2, -0.15) is 0 Å². The first-order valence-corrected chi connectivity index (χ1v) is 5.56. The molecule has 2 aromatic rings. The van der Waals surface area contributed by atoms with Crippen molar-refractivity contribution < 1.29 is 4.42 Å². The van der Waals surface area contributed by atoms with Crippen LogP contribution in [-0.4, -0.2) is 0 Å². The molecule has 1 aromatic carbocycles. The molecule has 0 amide bonds. The van der Waals surface area contributed by atoms with Gasteiger partial charge in [0.05, 0.1) is 6.26 Å². The van der Waals surface area contributed by atoms with Crippen molar-refractivity contribution in [3.8, 4) is 0 Å². The molecule has 0 N–H and O–H groups in total. The summed E-state index contributed by atoms with van der Waals surface area (Å²) in [5, 5.41) is 1.23. The van der Waals surface area contributed by atoms with Crippen LogP contribution >= 0.6 is 0 Å². The van der Waals surface area contributed by atoms with Gasteiger partial charge in [0, 0.05) is 5.39 Å². The lowest BCUT2D eigenvalue weighted by Crippen LogP contribution is -2.10. The molecular formula is C14H20O. The molecule has 0 spiro atoms. The highest BCUT2D eigenvalue weighted by Gasteiger charge is 2.16. The first kappa shape index (κ1) is 11.8. The second-order valence-corrected chi connectivity index (χ2v) is 4.39. The van der Waals surface area contributed by atoms with E-state index >= 15 is 0 Å². The SMILES string of the molecule is CC.CC(C)(C)c1cccc2occc12. The number of hydrogen-bond acceptors (Lipinski definition) is 1. The van der Waals surface area contributed by atoms with Crippen molar-refractivity contribution in [2.24, 2.45) is 0 Å². The van der Waals surface area contributed by atoms with Gasteiger partial charge >= 0.3 is 0 Å². The summed E-state index contributed by atoms with van der Waals surface area (Å²) in [6, 6.07) is 8.25. The van der Waals surface area contributed by atoms with E-state index in [9.17, 15) is 0 Å². The monoisotopic (exact) mass is 204 g/mol. The second-order valence-electron chi connectivity index (χ2n) is 4.39. The van der Waals surface area contributed by atoms with Gasteiger partial charge in [0.1, 0.15) is 5.58 Å². The molecule has 0 unspecified atom stereocenters. The highest BCUT2D eigenvalue weighted by atomic mass is 16.3. The van der Waals surface area contributed by atoms with Gasteiger partial charge < -0.3 is 4.42 Å². The number of rotatable bonds is 0. The summed E-state index contributed by atoms with van der Waals surface area (Å²) < 4.78 is 5.35. The molecule has 15 heavy (non-hydrogen) atoms. The second kappa shape index (κ2) is 4.52. The normalized spacial score (nSPS) is 11.0. The maximum absolute atomic E-state index is 5.35. The highest BCUT2D eigenvalue weighted by molar-refractivity contribution is 5.81. The minimum atomic E-state index is 0.184. The number of furan rings is 1. The summed E-state index contributed by atoms with van der Waals surface area (Å²) in [6.07, 6.45) is 1.75. The van der Waals surface area contributed by atoms with Gasteiger partial charge in [-0.05, 0) is 23.1 Å². The molecule has 1 heterocycles. The van der Waals surface area contributed by atoms with Crippen LogP contribution in [0.4, 0.5) is 0 Å². The first-order valence-electron chi connectivity index (χ1n) is 5.56. The molecule has 0 bridgehead atoms. The van der Waals surface area contributed by atoms with E-state index in [-0.39, 0.29) is 5.41 Å². The molecule has 1 nitrogen and oxygen atoms in total. The fourth-order valence-corrected chi connectivity index (χ4v) is 1.65. The van der Waals surface area contributed by atoms with Crippen molar-refractivity contribution in [1.82, 2.24) is 0 Å². The quantitative estimate of drug-likeness (QED) is 0.603. The molecule has 0 saturated heterocycles. The molecule has 0 atom stereocenters. The zero-order chi connectivity index (χ0) is 11.5. The smallest absolute Gasteiger partial charge is 0.134 e. The Morgan fingerprint density at radius 1 is 1.00 bits per heavy atom. The Morgan fingerprint density at radius 3 is 2.27 bits per heavy atom. The van der Waals surface area contributed by atoms with Crippen LogP contribution in [0.3, 0.4) is 0 Å². The van der Waals surface area contributed by atoms with Gasteiger partial charge in [-0.25, -0.2) is 0 Å². The van der Waals surface area contributed by atoms with E-state index in [0.29, 0.717) is 0 Å². The Morgan fingerprint density at radius 2 is 1.67 bits per heavy atom. The van der Waals surface area contributed by atoms with Crippen LogP contribution in [0.15, 0.2) is 34.9 Å². The van der Waals surface area contributed by atoms with E-state index < -0.39 is 0 Å². The fourth-order valence-electron chi connectivity index (χ4n) is 1.65. The lowest BCUT2D eigenvalue weighted by atomic mass is 9.85. The Labute approximate surface area is 92.1 Å². The van der Waals surface area contributed by atoms with Crippen LogP contribution < -0.4 is 0 Å². The van der Waals surface area contributed by atoms with Crippen LogP contribution in [0.1, 0.15) is 40.2 Å². The molecule has 0 radical (unpaired) electrons. The predicted octanol–water partition coefficient (Wildman–Crippen LogP) is 4.76. The van der Waals surface area contributed by atoms with Gasteiger partial charge in [-0.15, -0.1) is 0 Å². The molecule has 0 aliphatic carbocycles.